The van der Waals surface area contributed by atoms with E-state index in [0.717, 1.165) is 56.6 Å². The van der Waals surface area contributed by atoms with Crippen molar-refractivity contribution in [3.8, 4) is 39.7 Å². The molecule has 0 aliphatic heterocycles. The smallest absolute Gasteiger partial charge is 0.509 e. The number of pyridine rings is 2. The molecule has 0 fully saturated rings. The van der Waals surface area contributed by atoms with Gasteiger partial charge < -0.3 is 14.1 Å². The summed E-state index contributed by atoms with van der Waals surface area (Å²) in [6, 6.07) is 29.2. The molecule has 0 aliphatic rings. The third-order valence-electron chi connectivity index (χ3n) is 7.52. The summed E-state index contributed by atoms with van der Waals surface area (Å²) in [5.74, 6) is 1.12. The molecule has 7 heteroatoms. The Hall–Kier alpha value is -4.02. The topological polar surface area (TPSA) is 57.2 Å². The molecule has 0 amide bonds. The molecule has 4 aromatic heterocycles. The van der Waals surface area contributed by atoms with Gasteiger partial charge in [0.05, 0.1) is 17.0 Å². The zero-order valence-electron chi connectivity index (χ0n) is 24.9. The maximum absolute atomic E-state index is 6.39. The van der Waals surface area contributed by atoms with Crippen molar-refractivity contribution in [1.29, 1.82) is 0 Å². The normalized spacial score (nSPS) is 11.5. The van der Waals surface area contributed by atoms with Gasteiger partial charge in [-0.2, -0.15) is 11.2 Å². The van der Waals surface area contributed by atoms with Gasteiger partial charge in [0.25, 0.3) is 0 Å². The van der Waals surface area contributed by atoms with Crippen molar-refractivity contribution in [1.82, 2.24) is 24.1 Å². The quantitative estimate of drug-likeness (QED) is 0.168. The SMILES string of the molecule is Cc1nn(-c2[c-]c(Oc3[c-]c(-c4cc(C(C)(C)C)ccn4)n4c(C)c(C)nc4c3)ccc2)c(C)c1-c1ccccc1.[Pt+2]. The Kier molecular flexibility index (Phi) is 7.95. The average Bonchev–Trinajstić information content (AvgIpc) is 3.41. The van der Waals surface area contributed by atoms with Crippen molar-refractivity contribution in [3.63, 3.8) is 0 Å². The fourth-order valence-corrected chi connectivity index (χ4v) is 5.24. The monoisotopic (exact) mass is 734 g/mol. The van der Waals surface area contributed by atoms with Crippen molar-refractivity contribution in [2.45, 2.75) is 53.9 Å². The summed E-state index contributed by atoms with van der Waals surface area (Å²) < 4.78 is 10.4. The van der Waals surface area contributed by atoms with Gasteiger partial charge in [-0.1, -0.05) is 68.8 Å². The molecule has 0 aliphatic carbocycles. The Balaban J connectivity index is 0.00000353. The second-order valence-electron chi connectivity index (χ2n) is 11.5. The summed E-state index contributed by atoms with van der Waals surface area (Å²) in [7, 11) is 0. The van der Waals surface area contributed by atoms with Crippen LogP contribution in [0.1, 0.15) is 49.1 Å². The van der Waals surface area contributed by atoms with E-state index in [1.54, 1.807) is 0 Å². The van der Waals surface area contributed by atoms with E-state index in [9.17, 15) is 0 Å². The molecule has 0 saturated carbocycles. The predicted octanol–water partition coefficient (Wildman–Crippen LogP) is 8.17. The molecule has 214 valence electrons. The molecular weight excluding hydrogens is 701 g/mol. The third-order valence-corrected chi connectivity index (χ3v) is 7.52. The zero-order chi connectivity index (χ0) is 28.9. The van der Waals surface area contributed by atoms with Crippen LogP contribution < -0.4 is 4.74 Å². The van der Waals surface area contributed by atoms with Crippen LogP contribution in [0.3, 0.4) is 0 Å². The fourth-order valence-electron chi connectivity index (χ4n) is 5.24. The molecule has 0 radical (unpaired) electrons. The number of fused-ring (bicyclic) bond motifs is 1. The van der Waals surface area contributed by atoms with E-state index in [1.165, 1.54) is 5.56 Å². The average molecular weight is 735 g/mol. The Bertz CT molecular complexity index is 1900. The van der Waals surface area contributed by atoms with Crippen LogP contribution in [-0.4, -0.2) is 24.1 Å². The molecule has 6 aromatic rings. The van der Waals surface area contributed by atoms with Crippen molar-refractivity contribution < 1.29 is 25.8 Å². The number of nitrogens with zero attached hydrogens (tertiary/aromatic N) is 5. The van der Waals surface area contributed by atoms with Gasteiger partial charge in [0.15, 0.2) is 0 Å². The summed E-state index contributed by atoms with van der Waals surface area (Å²) >= 11 is 0. The van der Waals surface area contributed by atoms with Gasteiger partial charge in [-0.25, -0.2) is 4.98 Å². The van der Waals surface area contributed by atoms with Crippen LogP contribution in [0.2, 0.25) is 0 Å². The van der Waals surface area contributed by atoms with Crippen LogP contribution >= 0.6 is 0 Å². The van der Waals surface area contributed by atoms with E-state index in [0.29, 0.717) is 11.5 Å². The predicted molar refractivity (Wildman–Crippen MR) is 163 cm³/mol. The summed E-state index contributed by atoms with van der Waals surface area (Å²) in [5, 5.41) is 4.84. The van der Waals surface area contributed by atoms with E-state index in [1.807, 2.05) is 67.2 Å². The number of benzene rings is 2. The van der Waals surface area contributed by atoms with Gasteiger partial charge in [0.1, 0.15) is 0 Å². The number of ether oxygens (including phenoxy) is 1. The summed E-state index contributed by atoms with van der Waals surface area (Å²) in [6.07, 6.45) is 1.86. The fraction of sp³-hybridized carbons (Fsp3) is 0.229. The maximum Gasteiger partial charge on any atom is 2.00 e. The molecule has 42 heavy (non-hydrogen) atoms. The molecule has 0 N–H and O–H groups in total. The molecule has 2 aromatic carbocycles. The van der Waals surface area contributed by atoms with Crippen LogP contribution in [0, 0.1) is 39.8 Å². The number of aromatic nitrogens is 5. The number of rotatable bonds is 5. The molecule has 6 nitrogen and oxygen atoms in total. The van der Waals surface area contributed by atoms with Crippen LogP contribution in [-0.2, 0) is 26.5 Å². The van der Waals surface area contributed by atoms with Crippen molar-refractivity contribution in [2.75, 3.05) is 0 Å². The Morgan fingerprint density at radius 3 is 2.29 bits per heavy atom. The summed E-state index contributed by atoms with van der Waals surface area (Å²) in [5.41, 5.74) is 10.7. The second kappa shape index (κ2) is 11.3. The Morgan fingerprint density at radius 1 is 0.786 bits per heavy atom. The van der Waals surface area contributed by atoms with Crippen molar-refractivity contribution in [3.05, 3.63) is 113 Å². The van der Waals surface area contributed by atoms with Gasteiger partial charge in [0.2, 0.25) is 0 Å². The van der Waals surface area contributed by atoms with Gasteiger partial charge in [-0.15, -0.1) is 24.3 Å². The van der Waals surface area contributed by atoms with Gasteiger partial charge in [-0.3, -0.25) is 4.68 Å². The molecule has 0 saturated heterocycles. The maximum atomic E-state index is 6.39. The van der Waals surface area contributed by atoms with Crippen LogP contribution in [0.25, 0.3) is 33.8 Å². The van der Waals surface area contributed by atoms with E-state index in [-0.39, 0.29) is 26.5 Å². The minimum absolute atomic E-state index is 0. The summed E-state index contributed by atoms with van der Waals surface area (Å²) in [4.78, 5) is 9.52. The van der Waals surface area contributed by atoms with Crippen LogP contribution in [0.4, 0.5) is 0 Å². The Labute approximate surface area is 261 Å². The van der Waals surface area contributed by atoms with Gasteiger partial charge >= 0.3 is 21.1 Å². The van der Waals surface area contributed by atoms with Gasteiger partial charge in [-0.05, 0) is 61.8 Å². The van der Waals surface area contributed by atoms with E-state index in [2.05, 4.69) is 75.4 Å². The van der Waals surface area contributed by atoms with Gasteiger partial charge in [0, 0.05) is 34.6 Å². The van der Waals surface area contributed by atoms with Crippen molar-refractivity contribution in [2.24, 2.45) is 0 Å². The number of imidazole rings is 1. The zero-order valence-corrected chi connectivity index (χ0v) is 27.2. The summed E-state index contributed by atoms with van der Waals surface area (Å²) in [6.45, 7) is 14.8. The molecule has 0 unspecified atom stereocenters. The standard InChI is InChI=1S/C35H33N5O.Pt/c1-22-24(3)39-32(31-18-27(16-17-36-31)35(5,6)7)20-30(21-33(39)37-22)41-29-15-11-14-28(19-29)40-25(4)34(23(2)38-40)26-12-9-8-10-13-26;/h8-18,21H,1-7H3;/q-2;+2. The van der Waals surface area contributed by atoms with Crippen molar-refractivity contribution >= 4 is 5.65 Å². The minimum Gasteiger partial charge on any atom is -0.509 e. The van der Waals surface area contributed by atoms with Crippen LogP contribution in [0.15, 0.2) is 72.9 Å². The molecule has 6 rings (SSSR count). The van der Waals surface area contributed by atoms with Crippen LogP contribution in [0.5, 0.6) is 11.5 Å². The first kappa shape index (κ1) is 29.5. The molecule has 0 bridgehead atoms. The number of hydrogen-bond acceptors (Lipinski definition) is 4. The van der Waals surface area contributed by atoms with E-state index < -0.39 is 0 Å². The number of aryl methyl sites for hydroxylation is 3. The molecule has 0 spiro atoms. The second-order valence-corrected chi connectivity index (χ2v) is 11.5. The molecular formula is C35H33N5OPt. The Morgan fingerprint density at radius 2 is 1.55 bits per heavy atom. The first-order valence-electron chi connectivity index (χ1n) is 13.8. The third kappa shape index (κ3) is 5.44. The first-order chi connectivity index (χ1) is 19.6. The largest absolute Gasteiger partial charge is 2.00 e. The molecule has 0 atom stereocenters. The molecule has 4 heterocycles. The van der Waals surface area contributed by atoms with E-state index in [4.69, 9.17) is 19.8 Å². The minimum atomic E-state index is -0.0103. The van der Waals surface area contributed by atoms with E-state index >= 15 is 0 Å². The first-order valence-corrected chi connectivity index (χ1v) is 13.8. The number of hydrogen-bond donors (Lipinski definition) is 0.